The monoisotopic (exact) mass is 360 g/mol. The molecule has 5 nitrogen and oxygen atoms in total. The largest absolute Gasteiger partial charge is 0.344 e. The van der Waals surface area contributed by atoms with Gasteiger partial charge in [0.05, 0.1) is 6.04 Å². The maximum absolute atomic E-state index is 12.7. The fourth-order valence-electron chi connectivity index (χ4n) is 2.84. The minimum atomic E-state index is -0.221. The van der Waals surface area contributed by atoms with E-state index < -0.39 is 0 Å². The number of rotatable bonds is 5. The van der Waals surface area contributed by atoms with Gasteiger partial charge in [-0.25, -0.2) is 9.97 Å². The van der Waals surface area contributed by atoms with Crippen molar-refractivity contribution in [3.05, 3.63) is 82.7 Å². The quantitative estimate of drug-likeness (QED) is 0.696. The van der Waals surface area contributed by atoms with E-state index in [0.717, 1.165) is 22.5 Å². The van der Waals surface area contributed by atoms with Crippen LogP contribution in [-0.2, 0) is 0 Å². The lowest BCUT2D eigenvalue weighted by atomic mass is 10.1. The molecule has 2 N–H and O–H groups in total. The van der Waals surface area contributed by atoms with Crippen molar-refractivity contribution in [1.82, 2.24) is 15.3 Å². The van der Waals surface area contributed by atoms with Gasteiger partial charge >= 0.3 is 0 Å². The summed E-state index contributed by atoms with van der Waals surface area (Å²) >= 11 is 0. The Morgan fingerprint density at radius 1 is 0.963 bits per heavy atom. The molecule has 1 heterocycles. The van der Waals surface area contributed by atoms with Gasteiger partial charge in [0.2, 0.25) is 5.95 Å². The molecule has 1 unspecified atom stereocenters. The third kappa shape index (κ3) is 4.50. The minimum Gasteiger partial charge on any atom is -0.344 e. The maximum Gasteiger partial charge on any atom is 0.270 e. The molecule has 0 aliphatic carbocycles. The molecule has 0 fully saturated rings. The van der Waals surface area contributed by atoms with E-state index in [9.17, 15) is 4.79 Å². The predicted molar refractivity (Wildman–Crippen MR) is 108 cm³/mol. The molecule has 1 aromatic heterocycles. The Labute approximate surface area is 159 Å². The number of hydrogen-bond acceptors (Lipinski definition) is 4. The Morgan fingerprint density at radius 2 is 1.70 bits per heavy atom. The van der Waals surface area contributed by atoms with Gasteiger partial charge in [-0.2, -0.15) is 0 Å². The van der Waals surface area contributed by atoms with Gasteiger partial charge in [-0.15, -0.1) is 0 Å². The Bertz CT molecular complexity index is 954. The third-order valence-electron chi connectivity index (χ3n) is 4.59. The van der Waals surface area contributed by atoms with Crippen LogP contribution >= 0.6 is 0 Å². The van der Waals surface area contributed by atoms with E-state index in [0.29, 0.717) is 11.6 Å². The van der Waals surface area contributed by atoms with Crippen molar-refractivity contribution in [1.29, 1.82) is 0 Å². The second kappa shape index (κ2) is 7.99. The molecule has 0 aliphatic heterocycles. The first-order chi connectivity index (χ1) is 12.9. The number of aryl methyl sites for hydroxylation is 2. The van der Waals surface area contributed by atoms with Crippen LogP contribution in [0.1, 0.15) is 45.8 Å². The molecule has 0 bridgehead atoms. The highest BCUT2D eigenvalue weighted by atomic mass is 16.1. The zero-order valence-electron chi connectivity index (χ0n) is 16.1. The smallest absolute Gasteiger partial charge is 0.270 e. The molecular formula is C22H24N4O. The molecule has 0 aliphatic rings. The van der Waals surface area contributed by atoms with Crippen LogP contribution < -0.4 is 10.6 Å². The number of amides is 1. The molecular weight excluding hydrogens is 336 g/mol. The van der Waals surface area contributed by atoms with Crippen molar-refractivity contribution in [3.8, 4) is 0 Å². The van der Waals surface area contributed by atoms with E-state index in [1.165, 1.54) is 5.56 Å². The Hall–Kier alpha value is -3.21. The third-order valence-corrected chi connectivity index (χ3v) is 4.59. The topological polar surface area (TPSA) is 66.9 Å². The number of anilines is 2. The Kier molecular flexibility index (Phi) is 5.50. The van der Waals surface area contributed by atoms with Gasteiger partial charge in [0, 0.05) is 11.4 Å². The first-order valence-electron chi connectivity index (χ1n) is 8.99. The van der Waals surface area contributed by atoms with Crippen LogP contribution in [0.25, 0.3) is 0 Å². The lowest BCUT2D eigenvalue weighted by Crippen LogP contribution is -2.27. The molecule has 2 aromatic carbocycles. The van der Waals surface area contributed by atoms with Crippen LogP contribution in [0.15, 0.2) is 54.6 Å². The summed E-state index contributed by atoms with van der Waals surface area (Å²) in [5, 5.41) is 6.23. The molecule has 1 amide bonds. The van der Waals surface area contributed by atoms with Crippen molar-refractivity contribution in [2.75, 3.05) is 5.32 Å². The summed E-state index contributed by atoms with van der Waals surface area (Å²) in [7, 11) is 0. The van der Waals surface area contributed by atoms with Crippen LogP contribution in [0.4, 0.5) is 11.6 Å². The van der Waals surface area contributed by atoms with Crippen molar-refractivity contribution < 1.29 is 4.79 Å². The van der Waals surface area contributed by atoms with Crippen molar-refractivity contribution in [2.45, 2.75) is 33.7 Å². The molecule has 27 heavy (non-hydrogen) atoms. The van der Waals surface area contributed by atoms with Gasteiger partial charge in [-0.05, 0) is 56.5 Å². The highest BCUT2D eigenvalue weighted by molar-refractivity contribution is 5.93. The lowest BCUT2D eigenvalue weighted by molar-refractivity contribution is 0.0934. The average molecular weight is 360 g/mol. The van der Waals surface area contributed by atoms with Crippen LogP contribution in [0.2, 0.25) is 0 Å². The number of benzene rings is 2. The second-order valence-electron chi connectivity index (χ2n) is 6.70. The second-order valence-corrected chi connectivity index (χ2v) is 6.70. The maximum atomic E-state index is 12.7. The van der Waals surface area contributed by atoms with E-state index in [1.807, 2.05) is 63.2 Å². The highest BCUT2D eigenvalue weighted by Crippen LogP contribution is 2.21. The van der Waals surface area contributed by atoms with Gasteiger partial charge in [0.15, 0.2) is 0 Å². The molecule has 1 atom stereocenters. The van der Waals surface area contributed by atoms with E-state index in [1.54, 1.807) is 6.07 Å². The molecule has 3 rings (SSSR count). The zero-order chi connectivity index (χ0) is 19.4. The summed E-state index contributed by atoms with van der Waals surface area (Å²) in [5.74, 6) is 0.196. The highest BCUT2D eigenvalue weighted by Gasteiger charge is 2.15. The SMILES string of the molecule is Cc1cc(C(=O)NC(C)c2ccccc2)nc(Nc2cccc(C)c2C)n1. The van der Waals surface area contributed by atoms with Gasteiger partial charge in [-0.1, -0.05) is 42.5 Å². The Morgan fingerprint density at radius 3 is 2.44 bits per heavy atom. The van der Waals surface area contributed by atoms with E-state index in [-0.39, 0.29) is 11.9 Å². The van der Waals surface area contributed by atoms with E-state index >= 15 is 0 Å². The van der Waals surface area contributed by atoms with E-state index in [4.69, 9.17) is 0 Å². The number of nitrogens with zero attached hydrogens (tertiary/aromatic N) is 2. The average Bonchev–Trinajstić information content (AvgIpc) is 2.65. The summed E-state index contributed by atoms with van der Waals surface area (Å²) < 4.78 is 0. The lowest BCUT2D eigenvalue weighted by Gasteiger charge is -2.15. The van der Waals surface area contributed by atoms with E-state index in [2.05, 4.69) is 33.6 Å². The van der Waals surface area contributed by atoms with Gasteiger partial charge < -0.3 is 10.6 Å². The zero-order valence-corrected chi connectivity index (χ0v) is 16.1. The van der Waals surface area contributed by atoms with Crippen LogP contribution in [-0.4, -0.2) is 15.9 Å². The number of carbonyl (C=O) groups excluding carboxylic acids is 1. The van der Waals surface area contributed by atoms with Crippen molar-refractivity contribution in [2.24, 2.45) is 0 Å². The summed E-state index contributed by atoms with van der Waals surface area (Å²) in [5.41, 5.74) is 5.37. The number of hydrogen-bond donors (Lipinski definition) is 2. The number of aromatic nitrogens is 2. The summed E-state index contributed by atoms with van der Waals surface area (Å²) in [6.07, 6.45) is 0. The Balaban J connectivity index is 1.80. The van der Waals surface area contributed by atoms with Gasteiger partial charge in [0.1, 0.15) is 5.69 Å². The van der Waals surface area contributed by atoms with Crippen molar-refractivity contribution >= 4 is 17.5 Å². The standard InChI is InChI=1S/C22H24N4O/c1-14-9-8-12-19(16(14)3)25-22-23-15(2)13-20(26-22)21(27)24-17(4)18-10-6-5-7-11-18/h5-13,17H,1-4H3,(H,24,27)(H,23,25,26). The van der Waals surface area contributed by atoms with Gasteiger partial charge in [-0.3, -0.25) is 4.79 Å². The molecule has 0 saturated carbocycles. The van der Waals surface area contributed by atoms with Gasteiger partial charge in [0.25, 0.3) is 5.91 Å². The van der Waals surface area contributed by atoms with Crippen LogP contribution in [0.3, 0.4) is 0 Å². The molecule has 138 valence electrons. The van der Waals surface area contributed by atoms with Crippen molar-refractivity contribution in [3.63, 3.8) is 0 Å². The molecule has 3 aromatic rings. The normalized spacial score (nSPS) is 11.7. The molecule has 5 heteroatoms. The first kappa shape index (κ1) is 18.6. The summed E-state index contributed by atoms with van der Waals surface area (Å²) in [4.78, 5) is 21.5. The fraction of sp³-hybridized carbons (Fsp3) is 0.227. The molecule has 0 saturated heterocycles. The fourth-order valence-corrected chi connectivity index (χ4v) is 2.84. The predicted octanol–water partition coefficient (Wildman–Crippen LogP) is 4.64. The van der Waals surface area contributed by atoms with Crippen LogP contribution in [0.5, 0.6) is 0 Å². The summed E-state index contributed by atoms with van der Waals surface area (Å²) in [6.45, 7) is 7.91. The van der Waals surface area contributed by atoms with Crippen LogP contribution in [0, 0.1) is 20.8 Å². The molecule has 0 radical (unpaired) electrons. The molecule has 0 spiro atoms. The number of carbonyl (C=O) groups is 1. The number of nitrogens with one attached hydrogen (secondary N) is 2. The first-order valence-corrected chi connectivity index (χ1v) is 8.99. The minimum absolute atomic E-state index is 0.107. The summed E-state index contributed by atoms with van der Waals surface area (Å²) in [6, 6.07) is 17.5.